The predicted molar refractivity (Wildman–Crippen MR) is 77.4 cm³/mol. The molecule has 0 N–H and O–H groups in total. The van der Waals surface area contributed by atoms with Crippen LogP contribution >= 0.6 is 11.6 Å². The summed E-state index contributed by atoms with van der Waals surface area (Å²) in [6.07, 6.45) is 4.06. The molecular weight excluding hydrogens is 262 g/mol. The molecule has 0 aliphatic carbocycles. The smallest absolute Gasteiger partial charge is 0.293 e. The average molecular weight is 280 g/mol. The van der Waals surface area contributed by atoms with Crippen LogP contribution in [0.1, 0.15) is 38.4 Å². The van der Waals surface area contributed by atoms with E-state index in [1.54, 1.807) is 0 Å². The van der Waals surface area contributed by atoms with Crippen molar-refractivity contribution < 1.29 is 9.53 Å². The first kappa shape index (κ1) is 13.9. The molecule has 0 spiro atoms. The normalized spacial score (nSPS) is 12.6. The van der Waals surface area contributed by atoms with Crippen LogP contribution in [0.15, 0.2) is 24.4 Å². The molecule has 1 aromatic heterocycles. The maximum Gasteiger partial charge on any atom is 0.293 e. The van der Waals surface area contributed by atoms with E-state index in [1.807, 2.05) is 25.1 Å². The van der Waals surface area contributed by atoms with Crippen molar-refractivity contribution in [3.05, 3.63) is 35.0 Å². The summed E-state index contributed by atoms with van der Waals surface area (Å²) in [5.74, 6) is 0. The summed E-state index contributed by atoms with van der Waals surface area (Å²) in [5.41, 5.74) is 2.13. The summed E-state index contributed by atoms with van der Waals surface area (Å²) in [6, 6.07) is 5.84. The Balaban J connectivity index is 2.49. The Morgan fingerprint density at radius 2 is 2.26 bits per heavy atom. The molecule has 0 saturated heterocycles. The lowest BCUT2D eigenvalue weighted by atomic mass is 10.1. The Labute approximate surface area is 118 Å². The highest BCUT2D eigenvalue weighted by Gasteiger charge is 2.15. The molecule has 1 unspecified atom stereocenters. The second kappa shape index (κ2) is 6.11. The van der Waals surface area contributed by atoms with Crippen molar-refractivity contribution in [2.45, 2.75) is 39.3 Å². The lowest BCUT2D eigenvalue weighted by Gasteiger charge is -2.07. The summed E-state index contributed by atoms with van der Waals surface area (Å²) in [6.45, 7) is 5.49. The number of aryl methyl sites for hydroxylation is 1. The standard InChI is InChI=1S/C15H18ClNO2/c1-3-4-7-17-9-14(11(2)19-10-18)13-8-12(16)5-6-15(13)17/h5-6,8-11H,3-4,7H2,1-2H3. The molecule has 1 atom stereocenters. The molecule has 0 aliphatic rings. The van der Waals surface area contributed by atoms with Gasteiger partial charge in [-0.1, -0.05) is 24.9 Å². The molecule has 3 nitrogen and oxygen atoms in total. The quantitative estimate of drug-likeness (QED) is 0.737. The number of ether oxygens (including phenoxy) is 1. The van der Waals surface area contributed by atoms with Gasteiger partial charge in [-0.3, -0.25) is 4.79 Å². The van der Waals surface area contributed by atoms with Gasteiger partial charge in [0.1, 0.15) is 6.10 Å². The third-order valence-corrected chi connectivity index (χ3v) is 3.56. The van der Waals surface area contributed by atoms with E-state index in [4.69, 9.17) is 16.3 Å². The Morgan fingerprint density at radius 1 is 1.47 bits per heavy atom. The zero-order valence-corrected chi connectivity index (χ0v) is 12.0. The number of hydrogen-bond acceptors (Lipinski definition) is 2. The number of rotatable bonds is 6. The molecule has 2 rings (SSSR count). The molecule has 0 aliphatic heterocycles. The maximum absolute atomic E-state index is 10.5. The van der Waals surface area contributed by atoms with Crippen LogP contribution in [-0.4, -0.2) is 11.0 Å². The molecule has 0 radical (unpaired) electrons. The highest BCUT2D eigenvalue weighted by molar-refractivity contribution is 6.31. The van der Waals surface area contributed by atoms with Crippen molar-refractivity contribution in [2.75, 3.05) is 0 Å². The van der Waals surface area contributed by atoms with E-state index in [1.165, 1.54) is 0 Å². The van der Waals surface area contributed by atoms with Crippen LogP contribution in [0, 0.1) is 0 Å². The Kier molecular flexibility index (Phi) is 4.48. The first-order chi connectivity index (χ1) is 9.17. The zero-order chi connectivity index (χ0) is 13.8. The number of hydrogen-bond donors (Lipinski definition) is 0. The number of nitrogens with zero attached hydrogens (tertiary/aromatic N) is 1. The fourth-order valence-electron chi connectivity index (χ4n) is 2.29. The molecule has 2 aromatic rings. The van der Waals surface area contributed by atoms with Gasteiger partial charge >= 0.3 is 0 Å². The summed E-state index contributed by atoms with van der Waals surface area (Å²) in [5, 5.41) is 1.75. The van der Waals surface area contributed by atoms with Gasteiger partial charge < -0.3 is 9.30 Å². The lowest BCUT2D eigenvalue weighted by Crippen LogP contribution is -1.98. The molecule has 102 valence electrons. The van der Waals surface area contributed by atoms with Crippen molar-refractivity contribution in [1.82, 2.24) is 4.57 Å². The Morgan fingerprint density at radius 3 is 2.95 bits per heavy atom. The molecule has 19 heavy (non-hydrogen) atoms. The number of unbranched alkanes of at least 4 members (excludes halogenated alkanes) is 1. The van der Waals surface area contributed by atoms with E-state index in [-0.39, 0.29) is 6.10 Å². The van der Waals surface area contributed by atoms with E-state index in [0.29, 0.717) is 11.5 Å². The van der Waals surface area contributed by atoms with E-state index in [9.17, 15) is 4.79 Å². The van der Waals surface area contributed by atoms with E-state index >= 15 is 0 Å². The second-order valence-corrected chi connectivity index (χ2v) is 5.10. The monoisotopic (exact) mass is 279 g/mol. The minimum absolute atomic E-state index is 0.263. The summed E-state index contributed by atoms with van der Waals surface area (Å²) >= 11 is 6.07. The minimum atomic E-state index is -0.263. The number of fused-ring (bicyclic) bond motifs is 1. The van der Waals surface area contributed by atoms with Crippen LogP contribution in [-0.2, 0) is 16.1 Å². The van der Waals surface area contributed by atoms with E-state index in [0.717, 1.165) is 35.9 Å². The van der Waals surface area contributed by atoms with Crippen molar-refractivity contribution in [1.29, 1.82) is 0 Å². The van der Waals surface area contributed by atoms with Gasteiger partial charge in [-0.2, -0.15) is 0 Å². The Bertz CT molecular complexity index is 577. The van der Waals surface area contributed by atoms with E-state index < -0.39 is 0 Å². The molecule has 0 amide bonds. The van der Waals surface area contributed by atoms with Crippen molar-refractivity contribution in [3.63, 3.8) is 0 Å². The van der Waals surface area contributed by atoms with Gasteiger partial charge in [0.05, 0.1) is 0 Å². The van der Waals surface area contributed by atoms with Crippen molar-refractivity contribution in [3.8, 4) is 0 Å². The van der Waals surface area contributed by atoms with Crippen LogP contribution in [0.5, 0.6) is 0 Å². The molecular formula is C15H18ClNO2. The molecule has 1 heterocycles. The Hall–Kier alpha value is -1.48. The minimum Gasteiger partial charge on any atom is -0.460 e. The fourth-order valence-corrected chi connectivity index (χ4v) is 2.46. The highest BCUT2D eigenvalue weighted by atomic mass is 35.5. The summed E-state index contributed by atoms with van der Waals surface area (Å²) in [4.78, 5) is 10.5. The molecule has 0 saturated carbocycles. The third-order valence-electron chi connectivity index (χ3n) is 3.32. The van der Waals surface area contributed by atoms with Crippen LogP contribution in [0.25, 0.3) is 10.9 Å². The average Bonchev–Trinajstić information content (AvgIpc) is 2.74. The predicted octanol–water partition coefficient (Wildman–Crippen LogP) is 4.33. The SMILES string of the molecule is CCCCn1cc(C(C)OC=O)c2cc(Cl)ccc21. The fraction of sp³-hybridized carbons (Fsp3) is 0.400. The molecule has 4 heteroatoms. The van der Waals surface area contributed by atoms with Crippen LogP contribution in [0.4, 0.5) is 0 Å². The van der Waals surface area contributed by atoms with Gasteiger partial charge in [-0.05, 0) is 31.5 Å². The first-order valence-electron chi connectivity index (χ1n) is 6.54. The van der Waals surface area contributed by atoms with Crippen LogP contribution < -0.4 is 0 Å². The van der Waals surface area contributed by atoms with Gasteiger partial charge in [0, 0.05) is 34.2 Å². The number of aromatic nitrogens is 1. The maximum atomic E-state index is 10.5. The number of halogens is 1. The van der Waals surface area contributed by atoms with Crippen molar-refractivity contribution >= 4 is 29.0 Å². The van der Waals surface area contributed by atoms with Gasteiger partial charge in [0.25, 0.3) is 6.47 Å². The lowest BCUT2D eigenvalue weighted by molar-refractivity contribution is -0.133. The highest BCUT2D eigenvalue weighted by Crippen LogP contribution is 2.30. The van der Waals surface area contributed by atoms with E-state index in [2.05, 4.69) is 17.7 Å². The largest absolute Gasteiger partial charge is 0.460 e. The van der Waals surface area contributed by atoms with Crippen LogP contribution in [0.3, 0.4) is 0 Å². The van der Waals surface area contributed by atoms with Gasteiger partial charge in [-0.15, -0.1) is 0 Å². The summed E-state index contributed by atoms with van der Waals surface area (Å²) < 4.78 is 7.26. The molecule has 0 fully saturated rings. The molecule has 1 aromatic carbocycles. The van der Waals surface area contributed by atoms with Gasteiger partial charge in [0.2, 0.25) is 0 Å². The topological polar surface area (TPSA) is 31.2 Å². The third kappa shape index (κ3) is 2.92. The molecule has 0 bridgehead atoms. The van der Waals surface area contributed by atoms with Gasteiger partial charge in [-0.25, -0.2) is 0 Å². The number of carbonyl (C=O) groups is 1. The number of benzene rings is 1. The second-order valence-electron chi connectivity index (χ2n) is 4.67. The number of carbonyl (C=O) groups excluding carboxylic acids is 1. The van der Waals surface area contributed by atoms with Crippen molar-refractivity contribution in [2.24, 2.45) is 0 Å². The zero-order valence-electron chi connectivity index (χ0n) is 11.2. The van der Waals surface area contributed by atoms with Gasteiger partial charge in [0.15, 0.2) is 0 Å². The first-order valence-corrected chi connectivity index (χ1v) is 6.92. The van der Waals surface area contributed by atoms with Crippen LogP contribution in [0.2, 0.25) is 5.02 Å². The summed E-state index contributed by atoms with van der Waals surface area (Å²) in [7, 11) is 0.